The van der Waals surface area contributed by atoms with E-state index in [1.165, 1.54) is 41.5 Å². The van der Waals surface area contributed by atoms with Crippen LogP contribution in [0.4, 0.5) is 11.6 Å². The summed E-state index contributed by atoms with van der Waals surface area (Å²) in [6.45, 7) is 14.7. The van der Waals surface area contributed by atoms with Crippen molar-refractivity contribution in [3.63, 3.8) is 0 Å². The molecule has 28 heavy (non-hydrogen) atoms. The average molecular weight is 378 g/mol. The van der Waals surface area contributed by atoms with Crippen molar-refractivity contribution in [1.82, 2.24) is 4.98 Å². The number of piperidine rings is 1. The van der Waals surface area contributed by atoms with E-state index >= 15 is 0 Å². The minimum Gasteiger partial charge on any atom is -0.357 e. The zero-order valence-corrected chi connectivity index (χ0v) is 17.9. The van der Waals surface area contributed by atoms with Gasteiger partial charge in [0, 0.05) is 26.2 Å². The van der Waals surface area contributed by atoms with Crippen molar-refractivity contribution in [2.45, 2.75) is 52.9 Å². The summed E-state index contributed by atoms with van der Waals surface area (Å²) in [6, 6.07) is 11.3. The number of benzene rings is 1. The molecule has 1 fully saturated rings. The Labute approximate surface area is 171 Å². The standard InChI is InChI=1S/C25H35N3/c1-5-7-14-27(13-6-2)24-18-22(23-17-20(3)11-12-21(23)4)19-25(26-24)28-15-9-8-10-16-28/h5,11-12,17-19H,1,6-10,13-16H2,2-4H3. The van der Waals surface area contributed by atoms with Crippen molar-refractivity contribution in [3.8, 4) is 11.1 Å². The molecule has 3 heteroatoms. The van der Waals surface area contributed by atoms with E-state index in [-0.39, 0.29) is 0 Å². The van der Waals surface area contributed by atoms with Crippen LogP contribution in [-0.4, -0.2) is 31.2 Å². The number of pyridine rings is 1. The molecule has 0 aliphatic carbocycles. The van der Waals surface area contributed by atoms with Crippen LogP contribution in [0.3, 0.4) is 0 Å². The third-order valence-corrected chi connectivity index (χ3v) is 5.60. The van der Waals surface area contributed by atoms with Crippen molar-refractivity contribution >= 4 is 11.6 Å². The fraction of sp³-hybridized carbons (Fsp3) is 0.480. The quantitative estimate of drug-likeness (QED) is 0.514. The van der Waals surface area contributed by atoms with E-state index in [9.17, 15) is 0 Å². The predicted molar refractivity (Wildman–Crippen MR) is 123 cm³/mol. The fourth-order valence-corrected chi connectivity index (χ4v) is 4.01. The van der Waals surface area contributed by atoms with Gasteiger partial charge in [-0.15, -0.1) is 6.58 Å². The molecule has 1 aromatic carbocycles. The van der Waals surface area contributed by atoms with E-state index in [4.69, 9.17) is 4.98 Å². The molecule has 150 valence electrons. The lowest BCUT2D eigenvalue weighted by atomic mass is 9.98. The van der Waals surface area contributed by atoms with Crippen LogP contribution < -0.4 is 9.80 Å². The molecular formula is C25H35N3. The van der Waals surface area contributed by atoms with Gasteiger partial charge < -0.3 is 9.80 Å². The Bertz CT molecular complexity index is 790. The molecule has 2 aromatic rings. The van der Waals surface area contributed by atoms with Gasteiger partial charge in [-0.3, -0.25) is 0 Å². The van der Waals surface area contributed by atoms with E-state index < -0.39 is 0 Å². The molecule has 3 nitrogen and oxygen atoms in total. The Balaban J connectivity index is 2.07. The van der Waals surface area contributed by atoms with E-state index in [0.29, 0.717) is 0 Å². The predicted octanol–water partition coefficient (Wildman–Crippen LogP) is 6.15. The molecule has 0 amide bonds. The Morgan fingerprint density at radius 2 is 1.86 bits per heavy atom. The molecule has 2 heterocycles. The van der Waals surface area contributed by atoms with Gasteiger partial charge in [-0.25, -0.2) is 4.98 Å². The first-order valence-electron chi connectivity index (χ1n) is 10.8. The third kappa shape index (κ3) is 4.95. The molecule has 0 radical (unpaired) electrons. The number of aromatic nitrogens is 1. The maximum atomic E-state index is 5.12. The molecular weight excluding hydrogens is 342 g/mol. The molecule has 1 aliphatic rings. The van der Waals surface area contributed by atoms with Crippen LogP contribution in [0, 0.1) is 13.8 Å². The lowest BCUT2D eigenvalue weighted by Crippen LogP contribution is -2.31. The van der Waals surface area contributed by atoms with Gasteiger partial charge in [-0.2, -0.15) is 0 Å². The Morgan fingerprint density at radius 1 is 1.07 bits per heavy atom. The van der Waals surface area contributed by atoms with Gasteiger partial charge in [0.1, 0.15) is 11.6 Å². The van der Waals surface area contributed by atoms with Gasteiger partial charge in [0.2, 0.25) is 0 Å². The highest BCUT2D eigenvalue weighted by Gasteiger charge is 2.17. The fourth-order valence-electron chi connectivity index (χ4n) is 4.01. The number of hydrogen-bond acceptors (Lipinski definition) is 3. The minimum atomic E-state index is 0.972. The second-order valence-electron chi connectivity index (χ2n) is 8.00. The zero-order chi connectivity index (χ0) is 19.9. The van der Waals surface area contributed by atoms with Gasteiger partial charge in [0.25, 0.3) is 0 Å². The summed E-state index contributed by atoms with van der Waals surface area (Å²) in [7, 11) is 0. The topological polar surface area (TPSA) is 19.4 Å². The van der Waals surface area contributed by atoms with Crippen molar-refractivity contribution in [1.29, 1.82) is 0 Å². The molecule has 0 N–H and O–H groups in total. The highest BCUT2D eigenvalue weighted by molar-refractivity contribution is 5.74. The number of anilines is 2. The van der Waals surface area contributed by atoms with E-state index in [1.807, 2.05) is 6.08 Å². The number of rotatable bonds is 8. The molecule has 1 aromatic heterocycles. The maximum Gasteiger partial charge on any atom is 0.131 e. The molecule has 3 rings (SSSR count). The van der Waals surface area contributed by atoms with E-state index in [2.05, 4.69) is 67.5 Å². The SMILES string of the molecule is C=CCCN(CCC)c1cc(-c2cc(C)ccc2C)cc(N2CCCCC2)n1. The third-order valence-electron chi connectivity index (χ3n) is 5.60. The summed E-state index contributed by atoms with van der Waals surface area (Å²) in [5.41, 5.74) is 5.23. The average Bonchev–Trinajstić information content (AvgIpc) is 2.73. The Kier molecular flexibility index (Phi) is 7.13. The van der Waals surface area contributed by atoms with Crippen LogP contribution in [-0.2, 0) is 0 Å². The van der Waals surface area contributed by atoms with Crippen molar-refractivity contribution in [2.24, 2.45) is 0 Å². The molecule has 0 unspecified atom stereocenters. The molecule has 0 atom stereocenters. The summed E-state index contributed by atoms with van der Waals surface area (Å²) in [5, 5.41) is 0. The van der Waals surface area contributed by atoms with Crippen LogP contribution >= 0.6 is 0 Å². The first kappa shape index (κ1) is 20.4. The van der Waals surface area contributed by atoms with Gasteiger partial charge in [0.15, 0.2) is 0 Å². The van der Waals surface area contributed by atoms with Gasteiger partial charge in [-0.05, 0) is 74.8 Å². The first-order valence-corrected chi connectivity index (χ1v) is 10.8. The number of aryl methyl sites for hydroxylation is 2. The first-order chi connectivity index (χ1) is 13.6. The summed E-state index contributed by atoms with van der Waals surface area (Å²) < 4.78 is 0. The van der Waals surface area contributed by atoms with Crippen LogP contribution in [0.25, 0.3) is 11.1 Å². The molecule has 1 aliphatic heterocycles. The van der Waals surface area contributed by atoms with Crippen molar-refractivity contribution < 1.29 is 0 Å². The lowest BCUT2D eigenvalue weighted by Gasteiger charge is -2.30. The van der Waals surface area contributed by atoms with E-state index in [0.717, 1.165) is 50.7 Å². The normalized spacial score (nSPS) is 14.2. The molecule has 0 bridgehead atoms. The van der Waals surface area contributed by atoms with Gasteiger partial charge in [-0.1, -0.05) is 36.8 Å². The molecule has 1 saturated heterocycles. The Morgan fingerprint density at radius 3 is 2.57 bits per heavy atom. The van der Waals surface area contributed by atoms with Crippen molar-refractivity contribution in [3.05, 3.63) is 54.1 Å². The van der Waals surface area contributed by atoms with Crippen LogP contribution in [0.1, 0.15) is 50.2 Å². The van der Waals surface area contributed by atoms with Crippen molar-refractivity contribution in [2.75, 3.05) is 36.0 Å². The Hall–Kier alpha value is -2.29. The summed E-state index contributed by atoms with van der Waals surface area (Å²) >= 11 is 0. The van der Waals surface area contributed by atoms with Crippen LogP contribution in [0.2, 0.25) is 0 Å². The maximum absolute atomic E-state index is 5.12. The smallest absolute Gasteiger partial charge is 0.131 e. The highest BCUT2D eigenvalue weighted by Crippen LogP contribution is 2.32. The van der Waals surface area contributed by atoms with Gasteiger partial charge in [0.05, 0.1) is 0 Å². The minimum absolute atomic E-state index is 0.972. The number of nitrogens with zero attached hydrogens (tertiary/aromatic N) is 3. The molecule has 0 spiro atoms. The number of hydrogen-bond donors (Lipinski definition) is 0. The summed E-state index contributed by atoms with van der Waals surface area (Å²) in [5.74, 6) is 2.23. The summed E-state index contributed by atoms with van der Waals surface area (Å²) in [4.78, 5) is 10.0. The second-order valence-corrected chi connectivity index (χ2v) is 8.00. The highest BCUT2D eigenvalue weighted by atomic mass is 15.2. The van der Waals surface area contributed by atoms with E-state index in [1.54, 1.807) is 0 Å². The summed E-state index contributed by atoms with van der Waals surface area (Å²) in [6.07, 6.45) is 7.96. The largest absolute Gasteiger partial charge is 0.357 e. The molecule has 0 saturated carbocycles. The zero-order valence-electron chi connectivity index (χ0n) is 17.9. The van der Waals surface area contributed by atoms with Gasteiger partial charge >= 0.3 is 0 Å². The lowest BCUT2D eigenvalue weighted by molar-refractivity contribution is 0.573. The second kappa shape index (κ2) is 9.77. The van der Waals surface area contributed by atoms with Crippen LogP contribution in [0.15, 0.2) is 43.0 Å². The monoisotopic (exact) mass is 377 g/mol. The van der Waals surface area contributed by atoms with Crippen LogP contribution in [0.5, 0.6) is 0 Å².